The second-order valence-corrected chi connectivity index (χ2v) is 8.69. The minimum absolute atomic E-state index is 0.0200. The van der Waals surface area contributed by atoms with E-state index in [1.54, 1.807) is 25.4 Å². The minimum atomic E-state index is -3.74. The highest BCUT2D eigenvalue weighted by atomic mass is 31.2. The largest absolute Gasteiger partial charge is 0.382 e. The van der Waals surface area contributed by atoms with Crippen LogP contribution in [0.15, 0.2) is 30.5 Å². The van der Waals surface area contributed by atoms with E-state index < -0.39 is 7.60 Å². The molecule has 0 aliphatic heterocycles. The zero-order valence-corrected chi connectivity index (χ0v) is 18.7. The quantitative estimate of drug-likeness (QED) is 0.180. The first-order valence-electron chi connectivity index (χ1n) is 9.63. The molecule has 7 N–H and O–H groups in total. The monoisotopic (exact) mass is 462 g/mol. The highest BCUT2D eigenvalue weighted by molar-refractivity contribution is 7.51. The van der Waals surface area contributed by atoms with E-state index in [4.69, 9.17) is 21.3 Å². The van der Waals surface area contributed by atoms with Gasteiger partial charge in [0.1, 0.15) is 6.29 Å². The standard InChI is InChI=1S/C15H15N7O.C4H12NO3P/c1-22(11-4-2-9(8-23)3-5-11)7-10-6-18-14-12(19-10)13(16)20-15(17)21-14;1-5-3-2-4-9(6,7)8/h2-6,8H,7H2,1H3,(H4,16,17,18,20,21);5H,2-4H2,1H3,(H2,6,7,8). The Morgan fingerprint density at radius 3 is 2.44 bits per heavy atom. The molecule has 0 spiro atoms. The lowest BCUT2D eigenvalue weighted by atomic mass is 10.2. The summed E-state index contributed by atoms with van der Waals surface area (Å²) in [6.45, 7) is 1.18. The van der Waals surface area contributed by atoms with Crippen LogP contribution in [0.25, 0.3) is 11.2 Å². The normalized spacial score (nSPS) is 11.0. The van der Waals surface area contributed by atoms with Crippen LogP contribution in [-0.4, -0.2) is 62.8 Å². The van der Waals surface area contributed by atoms with Crippen LogP contribution in [0.4, 0.5) is 17.5 Å². The summed E-state index contributed by atoms with van der Waals surface area (Å²) in [5.41, 5.74) is 14.5. The zero-order chi connectivity index (χ0) is 23.7. The maximum atomic E-state index is 10.7. The van der Waals surface area contributed by atoms with Gasteiger partial charge in [-0.15, -0.1) is 0 Å². The van der Waals surface area contributed by atoms with E-state index in [1.165, 1.54) is 0 Å². The first-order valence-corrected chi connectivity index (χ1v) is 11.4. The summed E-state index contributed by atoms with van der Waals surface area (Å²) in [4.78, 5) is 45.9. The zero-order valence-electron chi connectivity index (χ0n) is 17.8. The molecule has 2 aromatic heterocycles. The Hall–Kier alpha value is -3.18. The van der Waals surface area contributed by atoms with Gasteiger partial charge in [0.2, 0.25) is 5.95 Å². The van der Waals surface area contributed by atoms with Gasteiger partial charge in [-0.1, -0.05) is 0 Å². The molecule has 0 saturated carbocycles. The molecule has 172 valence electrons. The highest BCUT2D eigenvalue weighted by Gasteiger charge is 2.11. The number of benzene rings is 1. The first-order chi connectivity index (χ1) is 15.1. The molecule has 2 heterocycles. The van der Waals surface area contributed by atoms with E-state index in [0.717, 1.165) is 17.7 Å². The van der Waals surface area contributed by atoms with E-state index in [-0.39, 0.29) is 17.9 Å². The van der Waals surface area contributed by atoms with Crippen molar-refractivity contribution in [2.45, 2.75) is 13.0 Å². The summed E-state index contributed by atoms with van der Waals surface area (Å²) in [5.74, 6) is 0.282. The molecule has 3 aromatic rings. The lowest BCUT2D eigenvalue weighted by Crippen LogP contribution is -2.17. The molecule has 0 fully saturated rings. The molecule has 13 heteroatoms. The second-order valence-electron chi connectivity index (χ2n) is 6.91. The molecule has 12 nitrogen and oxygen atoms in total. The molecule has 0 atom stereocenters. The van der Waals surface area contributed by atoms with Crippen molar-refractivity contribution in [3.05, 3.63) is 41.7 Å². The van der Waals surface area contributed by atoms with Crippen LogP contribution >= 0.6 is 7.60 Å². The molecule has 3 rings (SSSR count). The molecule has 0 aliphatic carbocycles. The summed E-state index contributed by atoms with van der Waals surface area (Å²) >= 11 is 0. The van der Waals surface area contributed by atoms with Crippen LogP contribution in [0, 0.1) is 0 Å². The lowest BCUT2D eigenvalue weighted by molar-refractivity contribution is 0.112. The Balaban J connectivity index is 0.000000344. The SMILES string of the molecule is CN(Cc1cnc2nc(N)nc(N)c2n1)c1ccc(C=O)cc1.CNCCCP(=O)(O)O. The van der Waals surface area contributed by atoms with Gasteiger partial charge in [0.05, 0.1) is 24.6 Å². The number of anilines is 3. The van der Waals surface area contributed by atoms with Crippen LogP contribution in [-0.2, 0) is 11.1 Å². The topological polar surface area (TPSA) is 193 Å². The first kappa shape index (κ1) is 25.1. The van der Waals surface area contributed by atoms with Gasteiger partial charge in [0.25, 0.3) is 0 Å². The number of carbonyl (C=O) groups excluding carboxylic acids is 1. The number of fused-ring (bicyclic) bond motifs is 1. The highest BCUT2D eigenvalue weighted by Crippen LogP contribution is 2.34. The third-order valence-corrected chi connectivity index (χ3v) is 5.15. The van der Waals surface area contributed by atoms with Crippen molar-refractivity contribution in [3.63, 3.8) is 0 Å². The van der Waals surface area contributed by atoms with Gasteiger partial charge in [0, 0.05) is 18.3 Å². The summed E-state index contributed by atoms with van der Waals surface area (Å²) < 4.78 is 10.2. The molecular formula is C19H27N8O4P. The molecule has 0 unspecified atom stereocenters. The fraction of sp³-hybridized carbons (Fsp3) is 0.316. The lowest BCUT2D eigenvalue weighted by Gasteiger charge is -2.19. The smallest absolute Gasteiger partial charge is 0.325 e. The summed E-state index contributed by atoms with van der Waals surface area (Å²) in [6.07, 6.45) is 2.95. The van der Waals surface area contributed by atoms with Crippen molar-refractivity contribution in [1.82, 2.24) is 25.3 Å². The molecule has 0 bridgehead atoms. The van der Waals surface area contributed by atoms with E-state index in [1.807, 2.05) is 24.1 Å². The maximum Gasteiger partial charge on any atom is 0.325 e. The summed E-state index contributed by atoms with van der Waals surface area (Å²) in [7, 11) is -0.0645. The minimum Gasteiger partial charge on any atom is -0.382 e. The van der Waals surface area contributed by atoms with Gasteiger partial charge in [-0.3, -0.25) is 9.36 Å². The Kier molecular flexibility index (Phi) is 8.97. The summed E-state index contributed by atoms with van der Waals surface area (Å²) in [6, 6.07) is 7.27. The average Bonchev–Trinajstić information content (AvgIpc) is 2.74. The third kappa shape index (κ3) is 7.82. The number of hydrogen-bond donors (Lipinski definition) is 5. The Bertz CT molecular complexity index is 1090. The molecule has 1 aromatic carbocycles. The van der Waals surface area contributed by atoms with Crippen LogP contribution in [0.5, 0.6) is 0 Å². The summed E-state index contributed by atoms with van der Waals surface area (Å²) in [5, 5.41) is 2.80. The number of carbonyl (C=O) groups is 1. The van der Waals surface area contributed by atoms with Crippen molar-refractivity contribution < 1.29 is 19.1 Å². The second kappa shape index (κ2) is 11.4. The van der Waals surface area contributed by atoms with Gasteiger partial charge in [-0.2, -0.15) is 9.97 Å². The van der Waals surface area contributed by atoms with Crippen LogP contribution in [0.1, 0.15) is 22.5 Å². The molecule has 0 amide bonds. The van der Waals surface area contributed by atoms with E-state index in [9.17, 15) is 9.36 Å². The Morgan fingerprint density at radius 1 is 1.16 bits per heavy atom. The van der Waals surface area contributed by atoms with E-state index in [0.29, 0.717) is 36.2 Å². The number of hydrogen-bond acceptors (Lipinski definition) is 10. The Morgan fingerprint density at radius 2 is 1.84 bits per heavy atom. The molecular weight excluding hydrogens is 435 g/mol. The fourth-order valence-electron chi connectivity index (χ4n) is 2.66. The van der Waals surface area contributed by atoms with Gasteiger partial charge in [-0.05, 0) is 44.3 Å². The van der Waals surface area contributed by atoms with Crippen molar-refractivity contribution in [1.29, 1.82) is 0 Å². The van der Waals surface area contributed by atoms with Crippen LogP contribution in [0.3, 0.4) is 0 Å². The van der Waals surface area contributed by atoms with Gasteiger partial charge < -0.3 is 31.5 Å². The molecule has 0 radical (unpaired) electrons. The number of nitrogens with one attached hydrogen (secondary N) is 1. The van der Waals surface area contributed by atoms with Gasteiger partial charge in [-0.25, -0.2) is 9.97 Å². The van der Waals surface area contributed by atoms with Crippen LogP contribution < -0.4 is 21.7 Å². The molecule has 0 saturated heterocycles. The van der Waals surface area contributed by atoms with Gasteiger partial charge >= 0.3 is 7.60 Å². The van der Waals surface area contributed by atoms with Crippen LogP contribution in [0.2, 0.25) is 0 Å². The molecule has 32 heavy (non-hydrogen) atoms. The van der Waals surface area contributed by atoms with Crippen molar-refractivity contribution in [3.8, 4) is 0 Å². The van der Waals surface area contributed by atoms with Gasteiger partial charge in [0.15, 0.2) is 17.0 Å². The number of rotatable bonds is 8. The van der Waals surface area contributed by atoms with Crippen molar-refractivity contribution in [2.24, 2.45) is 0 Å². The Labute approximate surface area is 185 Å². The predicted octanol–water partition coefficient (Wildman–Crippen LogP) is 0.807. The van der Waals surface area contributed by atoms with E-state index >= 15 is 0 Å². The number of aldehydes is 1. The number of nitrogens with two attached hydrogens (primary N) is 2. The maximum absolute atomic E-state index is 10.7. The molecule has 0 aliphatic rings. The predicted molar refractivity (Wildman–Crippen MR) is 123 cm³/mol. The van der Waals surface area contributed by atoms with Crippen molar-refractivity contribution in [2.75, 3.05) is 43.2 Å². The van der Waals surface area contributed by atoms with E-state index in [2.05, 4.69) is 25.3 Å². The fourth-order valence-corrected chi connectivity index (χ4v) is 3.23. The number of aromatic nitrogens is 4. The average molecular weight is 462 g/mol. The number of nitrogens with zero attached hydrogens (tertiary/aromatic N) is 5. The van der Waals surface area contributed by atoms with Crippen molar-refractivity contribution >= 4 is 42.5 Å². The third-order valence-electron chi connectivity index (χ3n) is 4.25. The number of nitrogen functional groups attached to an aromatic ring is 2.